The van der Waals surface area contributed by atoms with Crippen LogP contribution in [0.4, 0.5) is 0 Å². The first-order valence-corrected chi connectivity index (χ1v) is 9.43. The fourth-order valence-corrected chi connectivity index (χ4v) is 2.78. The van der Waals surface area contributed by atoms with E-state index in [1.54, 1.807) is 12.1 Å². The Morgan fingerprint density at radius 3 is 2.59 bits per heavy atom. The third kappa shape index (κ3) is 6.62. The molecule has 2 aromatic rings. The fraction of sp³-hybridized carbons (Fsp3) is 0.190. The summed E-state index contributed by atoms with van der Waals surface area (Å²) in [5.74, 6) is -0.359. The summed E-state index contributed by atoms with van der Waals surface area (Å²) >= 11 is 11.4. The van der Waals surface area contributed by atoms with Gasteiger partial charge in [-0.2, -0.15) is 0 Å². The molecule has 6 nitrogen and oxygen atoms in total. The molecule has 0 aromatic heterocycles. The Morgan fingerprint density at radius 2 is 1.90 bits per heavy atom. The van der Waals surface area contributed by atoms with Gasteiger partial charge in [0.15, 0.2) is 5.71 Å². The van der Waals surface area contributed by atoms with Crippen LogP contribution in [-0.4, -0.2) is 31.5 Å². The van der Waals surface area contributed by atoms with Crippen molar-refractivity contribution >= 4 is 46.6 Å². The second kappa shape index (κ2) is 11.2. The fourth-order valence-electron chi connectivity index (χ4n) is 2.53. The van der Waals surface area contributed by atoms with Crippen molar-refractivity contribution in [3.63, 3.8) is 0 Å². The molecule has 0 unspecified atom stereocenters. The van der Waals surface area contributed by atoms with Gasteiger partial charge >= 0.3 is 0 Å². The van der Waals surface area contributed by atoms with Crippen molar-refractivity contribution < 1.29 is 14.5 Å². The Balaban J connectivity index is 2.19. The van der Waals surface area contributed by atoms with Crippen LogP contribution in [0.3, 0.4) is 0 Å². The molecule has 0 aliphatic carbocycles. The number of hydrogen-bond acceptors (Lipinski definition) is 5. The van der Waals surface area contributed by atoms with Gasteiger partial charge in [0.05, 0.1) is 5.71 Å². The van der Waals surface area contributed by atoms with Crippen molar-refractivity contribution in [2.75, 3.05) is 14.2 Å². The zero-order valence-electron chi connectivity index (χ0n) is 16.3. The normalized spacial score (nSPS) is 11.6. The molecule has 29 heavy (non-hydrogen) atoms. The highest BCUT2D eigenvalue weighted by Crippen LogP contribution is 2.16. The summed E-state index contributed by atoms with van der Waals surface area (Å²) in [6.07, 6.45) is 1.65. The topological polar surface area (TPSA) is 72.3 Å². The van der Waals surface area contributed by atoms with E-state index in [1.165, 1.54) is 14.2 Å². The minimum atomic E-state index is -0.359. The van der Waals surface area contributed by atoms with E-state index in [1.807, 2.05) is 49.4 Å². The molecule has 0 fully saturated rings. The minimum absolute atomic E-state index is 0.153. The van der Waals surface area contributed by atoms with Crippen LogP contribution in [0.5, 0.6) is 0 Å². The average Bonchev–Trinajstić information content (AvgIpc) is 2.71. The molecule has 0 spiro atoms. The number of rotatable bonds is 8. The summed E-state index contributed by atoms with van der Waals surface area (Å²) in [5.41, 5.74) is 3.91. The Kier molecular flexibility index (Phi) is 8.70. The van der Waals surface area contributed by atoms with Crippen molar-refractivity contribution in [2.45, 2.75) is 13.5 Å². The lowest BCUT2D eigenvalue weighted by Crippen LogP contribution is -2.29. The van der Waals surface area contributed by atoms with E-state index >= 15 is 0 Å². The van der Waals surface area contributed by atoms with Gasteiger partial charge in [-0.25, -0.2) is 0 Å². The molecule has 0 saturated heterocycles. The molecule has 152 valence electrons. The van der Waals surface area contributed by atoms with Crippen LogP contribution >= 0.6 is 23.2 Å². The number of carbonyl (C=O) groups excluding carboxylic acids is 1. The predicted octanol–water partition coefficient (Wildman–Crippen LogP) is 4.50. The smallest absolute Gasteiger partial charge is 0.273 e. The van der Waals surface area contributed by atoms with Gasteiger partial charge in [0.25, 0.3) is 5.91 Å². The lowest BCUT2D eigenvalue weighted by Gasteiger charge is -2.10. The van der Waals surface area contributed by atoms with E-state index in [0.29, 0.717) is 11.3 Å². The van der Waals surface area contributed by atoms with Gasteiger partial charge in [0.2, 0.25) is 0 Å². The highest BCUT2D eigenvalue weighted by Gasteiger charge is 2.17. The molecular weight excluding hydrogens is 413 g/mol. The molecule has 0 bridgehead atoms. The number of amides is 1. The van der Waals surface area contributed by atoms with Crippen LogP contribution in [-0.2, 0) is 21.1 Å². The third-order valence-corrected chi connectivity index (χ3v) is 4.12. The number of hydrogen-bond donors (Lipinski definition) is 1. The zero-order chi connectivity index (χ0) is 21.2. The summed E-state index contributed by atoms with van der Waals surface area (Å²) in [5, 5.41) is 10.6. The predicted molar refractivity (Wildman–Crippen MR) is 117 cm³/mol. The van der Waals surface area contributed by atoms with Crippen LogP contribution in [0.1, 0.15) is 29.2 Å². The molecule has 1 amide bonds. The number of oxime groups is 2. The van der Waals surface area contributed by atoms with E-state index in [9.17, 15) is 4.79 Å². The van der Waals surface area contributed by atoms with Gasteiger partial charge < -0.3 is 15.0 Å². The van der Waals surface area contributed by atoms with Crippen molar-refractivity contribution in [1.29, 1.82) is 0 Å². The summed E-state index contributed by atoms with van der Waals surface area (Å²) < 4.78 is 0.175. The highest BCUT2D eigenvalue weighted by molar-refractivity contribution is 6.57. The van der Waals surface area contributed by atoms with Crippen LogP contribution in [0.15, 0.2) is 63.3 Å². The van der Waals surface area contributed by atoms with Gasteiger partial charge in [-0.15, -0.1) is 0 Å². The first-order valence-electron chi connectivity index (χ1n) is 8.67. The molecule has 0 aliphatic rings. The van der Waals surface area contributed by atoms with Crippen LogP contribution in [0.25, 0.3) is 6.08 Å². The molecule has 0 radical (unpaired) electrons. The maximum Gasteiger partial charge on any atom is 0.273 e. The average molecular weight is 434 g/mol. The Labute approximate surface area is 179 Å². The van der Waals surface area contributed by atoms with Crippen LogP contribution in [0.2, 0.25) is 0 Å². The van der Waals surface area contributed by atoms with Crippen molar-refractivity contribution in [3.05, 3.63) is 75.3 Å². The molecule has 8 heteroatoms. The quantitative estimate of drug-likeness (QED) is 0.491. The van der Waals surface area contributed by atoms with Crippen molar-refractivity contribution in [2.24, 2.45) is 10.3 Å². The molecule has 0 heterocycles. The second-order valence-corrected chi connectivity index (χ2v) is 6.88. The number of benzene rings is 2. The molecule has 0 atom stereocenters. The number of likely N-dealkylation sites (N-methyl/N-ethyl adjacent to an activating group) is 1. The van der Waals surface area contributed by atoms with Crippen molar-refractivity contribution in [1.82, 2.24) is 5.32 Å². The highest BCUT2D eigenvalue weighted by atomic mass is 35.5. The molecule has 0 aliphatic heterocycles. The van der Waals surface area contributed by atoms with Crippen LogP contribution < -0.4 is 5.32 Å². The van der Waals surface area contributed by atoms with E-state index in [2.05, 4.69) is 15.6 Å². The molecule has 1 N–H and O–H groups in total. The first kappa shape index (κ1) is 22.5. The standard InChI is InChI=1S/C21H21Cl2N3O3/c1-14(16-9-6-7-15(11-16)12-19(22)23)25-29-13-17-8-4-5-10-18(17)20(26-28-3)21(27)24-2/h4-12H,13H2,1-3H3,(H,24,27)/b25-14?,26-20+. The number of nitrogens with one attached hydrogen (secondary N) is 1. The molecular formula is C21H21Cl2N3O3. The van der Waals surface area contributed by atoms with E-state index < -0.39 is 0 Å². The molecule has 2 rings (SSSR count). The van der Waals surface area contributed by atoms with Gasteiger partial charge in [0.1, 0.15) is 18.2 Å². The summed E-state index contributed by atoms with van der Waals surface area (Å²) in [7, 11) is 2.91. The molecule has 0 saturated carbocycles. The monoisotopic (exact) mass is 433 g/mol. The zero-order valence-corrected chi connectivity index (χ0v) is 17.8. The SMILES string of the molecule is CNC(=O)/C(=N/OC)c1ccccc1CON=C(C)c1cccc(C=C(Cl)Cl)c1. The Bertz CT molecular complexity index is 952. The lowest BCUT2D eigenvalue weighted by molar-refractivity contribution is -0.114. The lowest BCUT2D eigenvalue weighted by atomic mass is 10.0. The van der Waals surface area contributed by atoms with Gasteiger partial charge in [-0.05, 0) is 30.2 Å². The largest absolute Gasteiger partial charge is 0.398 e. The maximum absolute atomic E-state index is 12.1. The van der Waals surface area contributed by atoms with Gasteiger partial charge in [-0.1, -0.05) is 76.0 Å². The first-order chi connectivity index (χ1) is 14.0. The third-order valence-electron chi connectivity index (χ3n) is 3.90. The number of nitrogens with zero attached hydrogens (tertiary/aromatic N) is 2. The maximum atomic E-state index is 12.1. The van der Waals surface area contributed by atoms with E-state index in [4.69, 9.17) is 32.9 Å². The summed E-state index contributed by atoms with van der Waals surface area (Å²) in [4.78, 5) is 22.5. The van der Waals surface area contributed by atoms with Crippen molar-refractivity contribution in [3.8, 4) is 0 Å². The van der Waals surface area contributed by atoms with E-state index in [-0.39, 0.29) is 22.7 Å². The van der Waals surface area contributed by atoms with Crippen LogP contribution in [0, 0.1) is 0 Å². The minimum Gasteiger partial charge on any atom is -0.398 e. The summed E-state index contributed by atoms with van der Waals surface area (Å²) in [6.45, 7) is 1.99. The van der Waals surface area contributed by atoms with E-state index in [0.717, 1.165) is 16.7 Å². The van der Waals surface area contributed by atoms with Gasteiger partial charge in [0, 0.05) is 18.2 Å². The van der Waals surface area contributed by atoms with Gasteiger partial charge in [-0.3, -0.25) is 4.79 Å². The number of halogens is 2. The molecule has 2 aromatic carbocycles. The second-order valence-electron chi connectivity index (χ2n) is 5.87. The summed E-state index contributed by atoms with van der Waals surface area (Å²) in [6, 6.07) is 14.8. The Morgan fingerprint density at radius 1 is 1.14 bits per heavy atom. The Hall–Kier alpha value is -2.83. The number of carbonyl (C=O) groups is 1.